The largest absolute Gasteiger partial charge is 0.508 e. The molecule has 18 heavy (non-hydrogen) atoms. The number of carboxylic acids is 1. The van der Waals surface area contributed by atoms with Crippen LogP contribution in [0.15, 0.2) is 24.3 Å². The van der Waals surface area contributed by atoms with Gasteiger partial charge in [0.2, 0.25) is 0 Å². The lowest BCUT2D eigenvalue weighted by molar-refractivity contribution is -0.137. The quantitative estimate of drug-likeness (QED) is 0.717. The van der Waals surface area contributed by atoms with E-state index in [0.29, 0.717) is 18.5 Å². The third kappa shape index (κ3) is 4.86. The van der Waals surface area contributed by atoms with Crippen molar-refractivity contribution in [1.82, 2.24) is 5.32 Å². The number of carboxylic acid groups (broad SMARTS) is 1. The van der Waals surface area contributed by atoms with E-state index in [9.17, 15) is 9.59 Å². The molecule has 0 radical (unpaired) electrons. The summed E-state index contributed by atoms with van der Waals surface area (Å²) in [7, 11) is 0. The first-order valence-corrected chi connectivity index (χ1v) is 5.78. The molecule has 0 aliphatic rings. The zero-order chi connectivity index (χ0) is 13.5. The van der Waals surface area contributed by atoms with Crippen molar-refractivity contribution in [2.45, 2.75) is 19.8 Å². The Morgan fingerprint density at radius 3 is 2.44 bits per heavy atom. The molecule has 1 rings (SSSR count). The lowest BCUT2D eigenvalue weighted by Gasteiger charge is -2.11. The fourth-order valence-electron chi connectivity index (χ4n) is 1.45. The predicted octanol–water partition coefficient (Wildman–Crippen LogP) is 1.62. The number of nitrogens with one attached hydrogen (secondary N) is 1. The van der Waals surface area contributed by atoms with Crippen LogP contribution in [0.1, 0.15) is 30.1 Å². The molecule has 1 amide bonds. The van der Waals surface area contributed by atoms with Gasteiger partial charge in [-0.05, 0) is 36.6 Å². The number of carbonyl (C=O) groups excluding carboxylic acids is 1. The van der Waals surface area contributed by atoms with Crippen LogP contribution in [0, 0.1) is 5.92 Å². The first-order valence-electron chi connectivity index (χ1n) is 5.78. The van der Waals surface area contributed by atoms with Crippen LogP contribution in [0.3, 0.4) is 0 Å². The highest BCUT2D eigenvalue weighted by molar-refractivity contribution is 5.94. The molecule has 5 nitrogen and oxygen atoms in total. The van der Waals surface area contributed by atoms with Gasteiger partial charge in [-0.15, -0.1) is 0 Å². The van der Waals surface area contributed by atoms with Crippen LogP contribution in [0.4, 0.5) is 0 Å². The van der Waals surface area contributed by atoms with Crippen molar-refractivity contribution in [2.24, 2.45) is 5.92 Å². The van der Waals surface area contributed by atoms with Crippen molar-refractivity contribution >= 4 is 11.9 Å². The van der Waals surface area contributed by atoms with Crippen LogP contribution in [-0.2, 0) is 4.79 Å². The fourth-order valence-corrected chi connectivity index (χ4v) is 1.45. The van der Waals surface area contributed by atoms with Crippen LogP contribution in [0.25, 0.3) is 0 Å². The summed E-state index contributed by atoms with van der Waals surface area (Å²) in [6.45, 7) is 2.33. The molecule has 0 aliphatic carbocycles. The van der Waals surface area contributed by atoms with Gasteiger partial charge in [-0.1, -0.05) is 6.92 Å². The third-order valence-corrected chi connectivity index (χ3v) is 2.59. The molecular weight excluding hydrogens is 234 g/mol. The normalized spacial score (nSPS) is 11.8. The minimum Gasteiger partial charge on any atom is -0.508 e. The summed E-state index contributed by atoms with van der Waals surface area (Å²) in [5, 5.41) is 20.4. The molecule has 0 aromatic heterocycles. The van der Waals surface area contributed by atoms with Crippen LogP contribution >= 0.6 is 0 Å². The molecule has 0 saturated carbocycles. The number of carbonyl (C=O) groups is 2. The van der Waals surface area contributed by atoms with E-state index < -0.39 is 5.97 Å². The minimum absolute atomic E-state index is 0.107. The number of amides is 1. The highest BCUT2D eigenvalue weighted by Crippen LogP contribution is 2.10. The second-order valence-corrected chi connectivity index (χ2v) is 4.29. The van der Waals surface area contributed by atoms with Crippen molar-refractivity contribution in [3.63, 3.8) is 0 Å². The van der Waals surface area contributed by atoms with Crippen LogP contribution in [0.2, 0.25) is 0 Å². The van der Waals surface area contributed by atoms with Gasteiger partial charge >= 0.3 is 5.97 Å². The number of hydrogen-bond donors (Lipinski definition) is 3. The number of phenolic OH excluding ortho intramolecular Hbond substituents is 1. The number of hydrogen-bond acceptors (Lipinski definition) is 3. The van der Waals surface area contributed by atoms with E-state index in [-0.39, 0.29) is 24.0 Å². The molecule has 0 heterocycles. The molecule has 1 atom stereocenters. The van der Waals surface area contributed by atoms with Crippen molar-refractivity contribution in [2.75, 3.05) is 6.54 Å². The summed E-state index contributed by atoms with van der Waals surface area (Å²) < 4.78 is 0. The second kappa shape index (κ2) is 6.64. The maximum atomic E-state index is 11.7. The molecule has 0 spiro atoms. The Morgan fingerprint density at radius 1 is 1.28 bits per heavy atom. The van der Waals surface area contributed by atoms with E-state index >= 15 is 0 Å². The second-order valence-electron chi connectivity index (χ2n) is 4.29. The molecule has 1 aromatic rings. The smallest absolute Gasteiger partial charge is 0.303 e. The Bertz CT molecular complexity index is 414. The van der Waals surface area contributed by atoms with E-state index in [1.54, 1.807) is 0 Å². The van der Waals surface area contributed by atoms with E-state index in [2.05, 4.69) is 5.32 Å². The topological polar surface area (TPSA) is 86.6 Å². The molecule has 0 saturated heterocycles. The van der Waals surface area contributed by atoms with Crippen molar-refractivity contribution in [3.8, 4) is 5.75 Å². The van der Waals surface area contributed by atoms with Gasteiger partial charge in [-0.2, -0.15) is 0 Å². The lowest BCUT2D eigenvalue weighted by Crippen LogP contribution is -2.28. The number of phenols is 1. The summed E-state index contributed by atoms with van der Waals surface area (Å²) in [5.74, 6) is -0.826. The third-order valence-electron chi connectivity index (χ3n) is 2.59. The summed E-state index contributed by atoms with van der Waals surface area (Å²) in [6, 6.07) is 5.96. The molecule has 1 unspecified atom stereocenters. The van der Waals surface area contributed by atoms with Crippen molar-refractivity contribution < 1.29 is 19.8 Å². The molecule has 0 aliphatic heterocycles. The standard InChI is InChI=1S/C13H17NO4/c1-9(2-7-12(16)17)8-14-13(18)10-3-5-11(15)6-4-10/h3-6,9,15H,2,7-8H2,1H3,(H,14,18)(H,16,17). The monoisotopic (exact) mass is 251 g/mol. The maximum Gasteiger partial charge on any atom is 0.303 e. The molecule has 0 bridgehead atoms. The zero-order valence-corrected chi connectivity index (χ0v) is 10.2. The van der Waals surface area contributed by atoms with Crippen LogP contribution in [0.5, 0.6) is 5.75 Å². The summed E-state index contributed by atoms with van der Waals surface area (Å²) in [5.41, 5.74) is 0.471. The Hall–Kier alpha value is -2.04. The average Bonchev–Trinajstić information content (AvgIpc) is 2.34. The number of rotatable bonds is 6. The van der Waals surface area contributed by atoms with E-state index in [0.717, 1.165) is 0 Å². The van der Waals surface area contributed by atoms with Gasteiger partial charge < -0.3 is 15.5 Å². The van der Waals surface area contributed by atoms with Crippen LogP contribution < -0.4 is 5.32 Å². The summed E-state index contributed by atoms with van der Waals surface area (Å²) >= 11 is 0. The maximum absolute atomic E-state index is 11.7. The lowest BCUT2D eigenvalue weighted by atomic mass is 10.1. The predicted molar refractivity (Wildman–Crippen MR) is 66.5 cm³/mol. The molecule has 0 fully saturated rings. The molecule has 5 heteroatoms. The minimum atomic E-state index is -0.827. The van der Waals surface area contributed by atoms with E-state index in [1.165, 1.54) is 24.3 Å². The van der Waals surface area contributed by atoms with Gasteiger partial charge in [0.1, 0.15) is 5.75 Å². The molecule has 98 valence electrons. The number of aliphatic carboxylic acids is 1. The molecule has 1 aromatic carbocycles. The number of aromatic hydroxyl groups is 1. The molecular formula is C13H17NO4. The average molecular weight is 251 g/mol. The van der Waals surface area contributed by atoms with Gasteiger partial charge in [0, 0.05) is 18.5 Å². The van der Waals surface area contributed by atoms with Gasteiger partial charge in [0.05, 0.1) is 0 Å². The van der Waals surface area contributed by atoms with E-state index in [4.69, 9.17) is 10.2 Å². The van der Waals surface area contributed by atoms with Crippen molar-refractivity contribution in [1.29, 1.82) is 0 Å². The SMILES string of the molecule is CC(CCC(=O)O)CNC(=O)c1ccc(O)cc1. The molecule has 3 N–H and O–H groups in total. The first kappa shape index (κ1) is 14.0. The Labute approximate surface area is 105 Å². The fraction of sp³-hybridized carbons (Fsp3) is 0.385. The highest BCUT2D eigenvalue weighted by atomic mass is 16.4. The Morgan fingerprint density at radius 2 is 1.89 bits per heavy atom. The van der Waals surface area contributed by atoms with Crippen LogP contribution in [-0.4, -0.2) is 28.6 Å². The summed E-state index contributed by atoms with van der Waals surface area (Å²) in [4.78, 5) is 22.1. The van der Waals surface area contributed by atoms with E-state index in [1.807, 2.05) is 6.92 Å². The Balaban J connectivity index is 2.36. The van der Waals surface area contributed by atoms with Gasteiger partial charge in [-0.25, -0.2) is 0 Å². The van der Waals surface area contributed by atoms with Gasteiger partial charge in [0.25, 0.3) is 5.91 Å². The number of benzene rings is 1. The summed E-state index contributed by atoms with van der Waals surface area (Å²) in [6.07, 6.45) is 0.640. The Kier molecular flexibility index (Phi) is 5.17. The first-order chi connectivity index (χ1) is 8.49. The zero-order valence-electron chi connectivity index (χ0n) is 10.2. The van der Waals surface area contributed by atoms with Gasteiger partial charge in [-0.3, -0.25) is 9.59 Å². The highest BCUT2D eigenvalue weighted by Gasteiger charge is 2.09. The van der Waals surface area contributed by atoms with Crippen molar-refractivity contribution in [3.05, 3.63) is 29.8 Å². The van der Waals surface area contributed by atoms with Gasteiger partial charge in [0.15, 0.2) is 0 Å².